The molecule has 1 aromatic rings. The first-order chi connectivity index (χ1) is 6.03. The van der Waals surface area contributed by atoms with Gasteiger partial charge < -0.3 is 0 Å². The van der Waals surface area contributed by atoms with Crippen molar-refractivity contribution < 1.29 is 8.42 Å². The SMILES string of the molecule is CCS(=O)(=O)Nc1cncc(C)c1. The van der Waals surface area contributed by atoms with Crippen LogP contribution in [0.5, 0.6) is 0 Å². The average Bonchev–Trinajstić information content (AvgIpc) is 2.03. The van der Waals surface area contributed by atoms with Crippen LogP contribution in [0.4, 0.5) is 5.69 Å². The number of aromatic nitrogens is 1. The third-order valence-electron chi connectivity index (χ3n) is 1.53. The van der Waals surface area contributed by atoms with Crippen molar-refractivity contribution in [2.24, 2.45) is 0 Å². The summed E-state index contributed by atoms with van der Waals surface area (Å²) in [5.74, 6) is 0.0704. The van der Waals surface area contributed by atoms with E-state index in [-0.39, 0.29) is 5.75 Å². The molecule has 1 heterocycles. The fourth-order valence-corrected chi connectivity index (χ4v) is 1.48. The molecule has 0 aliphatic heterocycles. The molecule has 0 aliphatic rings. The molecular weight excluding hydrogens is 188 g/mol. The summed E-state index contributed by atoms with van der Waals surface area (Å²) in [7, 11) is -3.18. The average molecular weight is 200 g/mol. The first-order valence-electron chi connectivity index (χ1n) is 3.95. The molecule has 0 unspecified atom stereocenters. The summed E-state index contributed by atoms with van der Waals surface area (Å²) in [6.07, 6.45) is 3.16. The maximum Gasteiger partial charge on any atom is 0.232 e. The lowest BCUT2D eigenvalue weighted by atomic mass is 10.3. The predicted octanol–water partition coefficient (Wildman–Crippen LogP) is 1.15. The van der Waals surface area contributed by atoms with Gasteiger partial charge in [0.15, 0.2) is 0 Å². The highest BCUT2D eigenvalue weighted by Gasteiger charge is 2.05. The van der Waals surface area contributed by atoms with Crippen LogP contribution >= 0.6 is 0 Å². The molecule has 4 nitrogen and oxygen atoms in total. The van der Waals surface area contributed by atoms with E-state index in [1.54, 1.807) is 19.2 Å². The van der Waals surface area contributed by atoms with Gasteiger partial charge in [-0.15, -0.1) is 0 Å². The van der Waals surface area contributed by atoms with E-state index in [1.807, 2.05) is 6.92 Å². The van der Waals surface area contributed by atoms with E-state index in [4.69, 9.17) is 0 Å². The first kappa shape index (κ1) is 9.98. The maximum atomic E-state index is 11.1. The highest BCUT2D eigenvalue weighted by atomic mass is 32.2. The van der Waals surface area contributed by atoms with E-state index in [0.29, 0.717) is 5.69 Å². The Morgan fingerprint density at radius 3 is 2.69 bits per heavy atom. The predicted molar refractivity (Wildman–Crippen MR) is 52.1 cm³/mol. The van der Waals surface area contributed by atoms with Crippen LogP contribution in [0.1, 0.15) is 12.5 Å². The van der Waals surface area contributed by atoms with Gasteiger partial charge in [-0.05, 0) is 25.5 Å². The van der Waals surface area contributed by atoms with Crippen LogP contribution in [-0.4, -0.2) is 19.2 Å². The van der Waals surface area contributed by atoms with Crippen LogP contribution in [0.15, 0.2) is 18.5 Å². The zero-order chi connectivity index (χ0) is 9.90. The van der Waals surface area contributed by atoms with E-state index in [9.17, 15) is 8.42 Å². The van der Waals surface area contributed by atoms with Crippen LogP contribution in [0.25, 0.3) is 0 Å². The van der Waals surface area contributed by atoms with Gasteiger partial charge >= 0.3 is 0 Å². The van der Waals surface area contributed by atoms with Crippen LogP contribution in [-0.2, 0) is 10.0 Å². The lowest BCUT2D eigenvalue weighted by Crippen LogP contribution is -2.14. The fourth-order valence-electron chi connectivity index (χ4n) is 0.862. The monoisotopic (exact) mass is 200 g/mol. The topological polar surface area (TPSA) is 59.1 Å². The van der Waals surface area contributed by atoms with E-state index in [1.165, 1.54) is 6.20 Å². The standard InChI is InChI=1S/C8H12N2O2S/c1-3-13(11,12)10-8-4-7(2)5-9-6-8/h4-6,10H,3H2,1-2H3. The Balaban J connectivity index is 2.87. The molecule has 0 bridgehead atoms. The second-order valence-corrected chi connectivity index (χ2v) is 4.77. The van der Waals surface area contributed by atoms with Crippen molar-refractivity contribution in [2.75, 3.05) is 10.5 Å². The van der Waals surface area contributed by atoms with Crippen molar-refractivity contribution >= 4 is 15.7 Å². The first-order valence-corrected chi connectivity index (χ1v) is 5.61. The van der Waals surface area contributed by atoms with E-state index < -0.39 is 10.0 Å². The number of nitrogens with zero attached hydrogens (tertiary/aromatic N) is 1. The minimum Gasteiger partial charge on any atom is -0.282 e. The van der Waals surface area contributed by atoms with Gasteiger partial charge in [0.25, 0.3) is 0 Å². The largest absolute Gasteiger partial charge is 0.282 e. The van der Waals surface area contributed by atoms with Crippen molar-refractivity contribution in [3.63, 3.8) is 0 Å². The van der Waals surface area contributed by atoms with Crippen molar-refractivity contribution in [1.29, 1.82) is 0 Å². The van der Waals surface area contributed by atoms with Gasteiger partial charge in [0.2, 0.25) is 10.0 Å². The van der Waals surface area contributed by atoms with Crippen LogP contribution < -0.4 is 4.72 Å². The number of hydrogen-bond acceptors (Lipinski definition) is 3. The van der Waals surface area contributed by atoms with Crippen molar-refractivity contribution in [1.82, 2.24) is 4.98 Å². The van der Waals surface area contributed by atoms with Gasteiger partial charge in [-0.3, -0.25) is 9.71 Å². The lowest BCUT2D eigenvalue weighted by molar-refractivity contribution is 0.602. The van der Waals surface area contributed by atoms with Gasteiger partial charge in [-0.1, -0.05) is 0 Å². The normalized spacial score (nSPS) is 11.2. The Bertz CT molecular complexity index is 387. The Hall–Kier alpha value is -1.10. The number of anilines is 1. The summed E-state index contributed by atoms with van der Waals surface area (Å²) in [6, 6.07) is 1.74. The Labute approximate surface area is 78.1 Å². The summed E-state index contributed by atoms with van der Waals surface area (Å²) in [6.45, 7) is 3.45. The van der Waals surface area contributed by atoms with Gasteiger partial charge in [0.05, 0.1) is 17.6 Å². The molecule has 1 rings (SSSR count). The molecule has 1 N–H and O–H groups in total. The molecule has 13 heavy (non-hydrogen) atoms. The summed E-state index contributed by atoms with van der Waals surface area (Å²) in [5, 5.41) is 0. The van der Waals surface area contributed by atoms with Gasteiger partial charge in [-0.2, -0.15) is 0 Å². The molecule has 0 amide bonds. The molecule has 0 saturated carbocycles. The minimum atomic E-state index is -3.18. The second kappa shape index (κ2) is 3.74. The smallest absolute Gasteiger partial charge is 0.232 e. The number of sulfonamides is 1. The Morgan fingerprint density at radius 2 is 2.15 bits per heavy atom. The summed E-state index contributed by atoms with van der Waals surface area (Å²) in [5.41, 5.74) is 1.44. The summed E-state index contributed by atoms with van der Waals surface area (Å²) >= 11 is 0. The Kier molecular flexibility index (Phi) is 2.87. The summed E-state index contributed by atoms with van der Waals surface area (Å²) < 4.78 is 24.7. The van der Waals surface area contributed by atoms with Gasteiger partial charge in [0.1, 0.15) is 0 Å². The third kappa shape index (κ3) is 3.02. The van der Waals surface area contributed by atoms with Crippen molar-refractivity contribution in [3.05, 3.63) is 24.0 Å². The van der Waals surface area contributed by atoms with Crippen LogP contribution in [0.3, 0.4) is 0 Å². The highest BCUT2D eigenvalue weighted by Crippen LogP contribution is 2.09. The molecule has 0 saturated heterocycles. The lowest BCUT2D eigenvalue weighted by Gasteiger charge is -2.05. The molecular formula is C8H12N2O2S. The number of hydrogen-bond donors (Lipinski definition) is 1. The zero-order valence-corrected chi connectivity index (χ0v) is 8.43. The van der Waals surface area contributed by atoms with Crippen molar-refractivity contribution in [2.45, 2.75) is 13.8 Å². The van der Waals surface area contributed by atoms with E-state index >= 15 is 0 Å². The highest BCUT2D eigenvalue weighted by molar-refractivity contribution is 7.92. The van der Waals surface area contributed by atoms with Crippen LogP contribution in [0, 0.1) is 6.92 Å². The third-order valence-corrected chi connectivity index (χ3v) is 2.84. The number of aryl methyl sites for hydroxylation is 1. The van der Waals surface area contributed by atoms with Crippen molar-refractivity contribution in [3.8, 4) is 0 Å². The molecule has 72 valence electrons. The molecule has 1 aromatic heterocycles. The van der Waals surface area contributed by atoms with Gasteiger partial charge in [-0.25, -0.2) is 8.42 Å². The van der Waals surface area contributed by atoms with E-state index in [0.717, 1.165) is 5.56 Å². The molecule has 0 spiro atoms. The Morgan fingerprint density at radius 1 is 1.46 bits per heavy atom. The molecule has 0 fully saturated rings. The minimum absolute atomic E-state index is 0.0704. The fraction of sp³-hybridized carbons (Fsp3) is 0.375. The quantitative estimate of drug-likeness (QED) is 0.796. The zero-order valence-electron chi connectivity index (χ0n) is 7.61. The number of nitrogens with one attached hydrogen (secondary N) is 1. The number of pyridine rings is 1. The molecule has 0 atom stereocenters. The van der Waals surface area contributed by atoms with Gasteiger partial charge in [0, 0.05) is 6.20 Å². The second-order valence-electron chi connectivity index (χ2n) is 2.76. The molecule has 0 radical (unpaired) electrons. The molecule has 0 aliphatic carbocycles. The van der Waals surface area contributed by atoms with E-state index in [2.05, 4.69) is 9.71 Å². The molecule has 5 heteroatoms. The maximum absolute atomic E-state index is 11.1. The molecule has 0 aromatic carbocycles. The summed E-state index contributed by atoms with van der Waals surface area (Å²) in [4.78, 5) is 3.88. The van der Waals surface area contributed by atoms with Crippen LogP contribution in [0.2, 0.25) is 0 Å². The number of rotatable bonds is 3.